The molecule has 178 valence electrons. The summed E-state index contributed by atoms with van der Waals surface area (Å²) in [7, 11) is 9.25. The minimum absolute atomic E-state index is 0.351. The van der Waals surface area contributed by atoms with Gasteiger partial charge < -0.3 is 9.16 Å². The number of fused-ring (bicyclic) bond motifs is 4. The molecule has 0 radical (unpaired) electrons. The molecule has 0 amide bonds. The Morgan fingerprint density at radius 2 is 1.26 bits per heavy atom. The van der Waals surface area contributed by atoms with E-state index in [1.54, 1.807) is 0 Å². The zero-order valence-electron chi connectivity index (χ0n) is 20.0. The fraction of sp³-hybridized carbons (Fsp3) is 0.179. The standard InChI is InChI=1S/C13H17O2Si.C13H9.C2H4.2ClH.Zr/c1-16(2,3)15-10-14-13-9-8-11-6-4-5-7-12(11)13;1-3-7-12-10(5-1)9-11-6-2-4-8-13(11)12;1-2;;;/h4-9H,10H2,1-3H3;1-9H;1H,2H3;2*1H;/q2*-1;;;;+2/p-2. The van der Waals surface area contributed by atoms with Crippen LogP contribution in [0.5, 0.6) is 5.75 Å². The van der Waals surface area contributed by atoms with Gasteiger partial charge in [0.25, 0.3) is 0 Å². The van der Waals surface area contributed by atoms with Crippen molar-refractivity contribution in [3.05, 3.63) is 91.0 Å². The third-order valence-electron chi connectivity index (χ3n) is 5.09. The van der Waals surface area contributed by atoms with Crippen molar-refractivity contribution in [3.8, 4) is 5.75 Å². The largest absolute Gasteiger partial charge is 0.522 e. The van der Waals surface area contributed by atoms with E-state index in [1.807, 2.05) is 28.8 Å². The van der Waals surface area contributed by atoms with Crippen LogP contribution in [0.15, 0.2) is 91.0 Å². The summed E-state index contributed by atoms with van der Waals surface area (Å²) in [5.74, 6) is 0.911. The molecule has 0 aliphatic carbocycles. The van der Waals surface area contributed by atoms with Crippen LogP contribution < -0.4 is 4.74 Å². The summed E-state index contributed by atoms with van der Waals surface area (Å²) >= 11 is -1.76. The summed E-state index contributed by atoms with van der Waals surface area (Å²) < 4.78 is 13.2. The zero-order valence-corrected chi connectivity index (χ0v) is 25.0. The molecule has 0 fully saturated rings. The Morgan fingerprint density at radius 3 is 1.76 bits per heavy atom. The van der Waals surface area contributed by atoms with Crippen molar-refractivity contribution in [2.24, 2.45) is 0 Å². The van der Waals surface area contributed by atoms with Gasteiger partial charge in [0.1, 0.15) is 0 Å². The van der Waals surface area contributed by atoms with Crippen molar-refractivity contribution < 1.29 is 28.0 Å². The Balaban J connectivity index is 0.000000162. The summed E-state index contributed by atoms with van der Waals surface area (Å²) in [6.45, 7) is 8.71. The Hall–Kier alpha value is -1.55. The van der Waals surface area contributed by atoms with Crippen LogP contribution in [0, 0.1) is 0 Å². The van der Waals surface area contributed by atoms with Crippen LogP contribution in [0.3, 0.4) is 0 Å². The smallest absolute Gasteiger partial charge is 0.188 e. The molecule has 0 bridgehead atoms. The molecule has 6 heteroatoms. The van der Waals surface area contributed by atoms with Crippen molar-refractivity contribution >= 4 is 61.4 Å². The fourth-order valence-corrected chi connectivity index (χ4v) is 3.83. The molecule has 0 aromatic heterocycles. The van der Waals surface area contributed by atoms with E-state index < -0.39 is 27.2 Å². The predicted octanol–water partition coefficient (Wildman–Crippen LogP) is 9.19. The van der Waals surface area contributed by atoms with Crippen LogP contribution in [0.4, 0.5) is 0 Å². The van der Waals surface area contributed by atoms with Gasteiger partial charge in [-0.05, 0) is 19.6 Å². The molecule has 0 N–H and O–H groups in total. The molecule has 0 saturated carbocycles. The second-order valence-corrected chi connectivity index (χ2v) is 22.0. The van der Waals surface area contributed by atoms with Gasteiger partial charge in [0.2, 0.25) is 0 Å². The molecule has 2 nitrogen and oxygen atoms in total. The normalized spacial score (nSPS) is 10.9. The van der Waals surface area contributed by atoms with Gasteiger partial charge >= 0.3 is 46.5 Å². The first kappa shape index (κ1) is 27.0. The van der Waals surface area contributed by atoms with E-state index in [4.69, 9.17) is 26.2 Å². The monoisotopic (exact) mass is 586 g/mol. The van der Waals surface area contributed by atoms with E-state index >= 15 is 0 Å². The molecule has 0 aliphatic heterocycles. The first-order valence-corrected chi connectivity index (χ1v) is 22.4. The van der Waals surface area contributed by atoms with Crippen molar-refractivity contribution in [3.63, 3.8) is 0 Å². The van der Waals surface area contributed by atoms with E-state index in [1.165, 1.54) is 26.9 Å². The van der Waals surface area contributed by atoms with Gasteiger partial charge in [-0.15, -0.1) is 75.5 Å². The number of ether oxygens (including phenoxy) is 1. The molecule has 5 rings (SSSR count). The van der Waals surface area contributed by atoms with Crippen LogP contribution in [-0.2, 0) is 23.3 Å². The summed E-state index contributed by atoms with van der Waals surface area (Å²) in [6.07, 6.45) is 0. The van der Waals surface area contributed by atoms with Gasteiger partial charge in [-0.25, -0.2) is 0 Å². The average molecular weight is 589 g/mol. The van der Waals surface area contributed by atoms with Crippen LogP contribution in [0.1, 0.15) is 6.92 Å². The quantitative estimate of drug-likeness (QED) is 0.118. The Kier molecular flexibility index (Phi) is 10.3. The van der Waals surface area contributed by atoms with E-state index in [9.17, 15) is 0 Å². The zero-order chi connectivity index (χ0) is 24.6. The SMILES string of the molecule is C[CH]=[Zr]([Cl])[Cl].C[Si](C)(C)OCOc1c[cH-]c2ccccc12.c1ccc2c(c1)[cH-]c1ccccc12. The van der Waals surface area contributed by atoms with E-state index in [2.05, 4.69) is 92.4 Å². The van der Waals surface area contributed by atoms with Crippen molar-refractivity contribution in [2.75, 3.05) is 6.79 Å². The maximum Gasteiger partial charge on any atom is 0.188 e. The van der Waals surface area contributed by atoms with Crippen molar-refractivity contribution in [1.82, 2.24) is 0 Å². The molecule has 0 heterocycles. The van der Waals surface area contributed by atoms with Crippen molar-refractivity contribution in [1.29, 1.82) is 0 Å². The Bertz CT molecular complexity index is 1310. The number of halogens is 2. The van der Waals surface area contributed by atoms with Crippen molar-refractivity contribution in [2.45, 2.75) is 26.6 Å². The first-order chi connectivity index (χ1) is 16.3. The third-order valence-corrected chi connectivity index (χ3v) is 9.73. The van der Waals surface area contributed by atoms with E-state index in [-0.39, 0.29) is 0 Å². The number of hydrogen-bond donors (Lipinski definition) is 0. The Morgan fingerprint density at radius 1 is 0.794 bits per heavy atom. The molecule has 0 saturated heterocycles. The maximum absolute atomic E-state index is 5.67. The van der Waals surface area contributed by atoms with E-state index in [0.717, 1.165) is 11.1 Å². The number of benzene rings is 3. The average Bonchev–Trinajstić information content (AvgIpc) is 3.41. The summed E-state index contributed by atoms with van der Waals surface area (Å²) in [6, 6.07) is 31.5. The first-order valence-electron chi connectivity index (χ1n) is 11.2. The topological polar surface area (TPSA) is 18.5 Å². The predicted molar refractivity (Wildman–Crippen MR) is 150 cm³/mol. The molecule has 34 heavy (non-hydrogen) atoms. The molecular weight excluding hydrogens is 559 g/mol. The fourth-order valence-electron chi connectivity index (χ4n) is 3.42. The van der Waals surface area contributed by atoms with Crippen LogP contribution >= 0.6 is 17.0 Å². The van der Waals surface area contributed by atoms with Gasteiger partial charge in [-0.3, -0.25) is 0 Å². The molecule has 0 spiro atoms. The molecular formula is C28H30Cl2O2SiZr-2. The molecule has 0 aliphatic rings. The summed E-state index contributed by atoms with van der Waals surface area (Å²) in [5.41, 5.74) is 0. The number of hydrogen-bond acceptors (Lipinski definition) is 2. The van der Waals surface area contributed by atoms with Gasteiger partial charge in [0.05, 0.1) is 0 Å². The molecule has 0 atom stereocenters. The second kappa shape index (κ2) is 13.0. The van der Waals surface area contributed by atoms with Crippen LogP contribution in [-0.4, -0.2) is 18.8 Å². The van der Waals surface area contributed by atoms with Crippen LogP contribution in [0.25, 0.3) is 32.3 Å². The van der Waals surface area contributed by atoms with Crippen LogP contribution in [0.2, 0.25) is 19.6 Å². The minimum atomic E-state index is -1.76. The number of rotatable bonds is 4. The van der Waals surface area contributed by atoms with Gasteiger partial charge in [0.15, 0.2) is 15.1 Å². The van der Waals surface area contributed by atoms with Gasteiger partial charge in [-0.2, -0.15) is 0 Å². The van der Waals surface area contributed by atoms with Gasteiger partial charge in [-0.1, -0.05) is 47.9 Å². The van der Waals surface area contributed by atoms with Gasteiger partial charge in [0, 0.05) is 5.75 Å². The maximum atomic E-state index is 5.67. The third kappa shape index (κ3) is 8.00. The molecule has 5 aromatic carbocycles. The summed E-state index contributed by atoms with van der Waals surface area (Å²) in [5, 5.41) is 7.76. The molecule has 0 unspecified atom stereocenters. The Labute approximate surface area is 218 Å². The van der Waals surface area contributed by atoms with E-state index in [0.29, 0.717) is 6.79 Å². The minimum Gasteiger partial charge on any atom is -0.522 e. The second-order valence-electron chi connectivity index (χ2n) is 8.70. The molecule has 5 aromatic rings. The summed E-state index contributed by atoms with van der Waals surface area (Å²) in [4.78, 5) is 0.